The van der Waals surface area contributed by atoms with Gasteiger partial charge < -0.3 is 10.2 Å². The van der Waals surface area contributed by atoms with E-state index in [1.807, 2.05) is 47.8 Å². The SMILES string of the molecule is CN1CCN(CC(NC(=O)Cc2csc(-c3cccc(Br)c3)n2)c2ccccc2)CC1. The molecule has 1 aromatic heterocycles. The highest BCUT2D eigenvalue weighted by atomic mass is 79.9. The van der Waals surface area contributed by atoms with Crippen molar-refractivity contribution < 1.29 is 4.79 Å². The largest absolute Gasteiger partial charge is 0.348 e. The molecule has 1 fully saturated rings. The van der Waals surface area contributed by atoms with Crippen molar-refractivity contribution in [3.8, 4) is 10.6 Å². The number of amides is 1. The molecule has 0 radical (unpaired) electrons. The second-order valence-electron chi connectivity index (χ2n) is 7.97. The van der Waals surface area contributed by atoms with Gasteiger partial charge >= 0.3 is 0 Å². The molecule has 1 aliphatic heterocycles. The molecule has 162 valence electrons. The fourth-order valence-corrected chi connectivity index (χ4v) is 4.98. The van der Waals surface area contributed by atoms with E-state index in [0.29, 0.717) is 0 Å². The lowest BCUT2D eigenvalue weighted by atomic mass is 10.1. The molecule has 1 aliphatic rings. The van der Waals surface area contributed by atoms with Gasteiger partial charge in [0.15, 0.2) is 0 Å². The number of carbonyl (C=O) groups excluding carboxylic acids is 1. The number of nitrogens with zero attached hydrogens (tertiary/aromatic N) is 3. The van der Waals surface area contributed by atoms with E-state index in [9.17, 15) is 4.79 Å². The van der Waals surface area contributed by atoms with Crippen LogP contribution in [0.15, 0.2) is 64.5 Å². The average molecular weight is 499 g/mol. The van der Waals surface area contributed by atoms with E-state index in [1.165, 1.54) is 0 Å². The van der Waals surface area contributed by atoms with Crippen molar-refractivity contribution in [2.45, 2.75) is 12.5 Å². The first-order valence-corrected chi connectivity index (χ1v) is 12.2. The van der Waals surface area contributed by atoms with Crippen molar-refractivity contribution in [3.05, 3.63) is 75.7 Å². The van der Waals surface area contributed by atoms with Crippen molar-refractivity contribution in [2.75, 3.05) is 39.8 Å². The first-order chi connectivity index (χ1) is 15.1. The predicted octanol–water partition coefficient (Wildman–Crippen LogP) is 4.22. The summed E-state index contributed by atoms with van der Waals surface area (Å²) >= 11 is 5.08. The summed E-state index contributed by atoms with van der Waals surface area (Å²) in [6, 6.07) is 18.3. The maximum Gasteiger partial charge on any atom is 0.226 e. The smallest absolute Gasteiger partial charge is 0.226 e. The van der Waals surface area contributed by atoms with Gasteiger partial charge in [-0.1, -0.05) is 58.4 Å². The minimum atomic E-state index is -0.0275. The average Bonchev–Trinajstić information content (AvgIpc) is 3.24. The van der Waals surface area contributed by atoms with E-state index >= 15 is 0 Å². The van der Waals surface area contributed by atoms with Crippen LogP contribution in [-0.4, -0.2) is 60.5 Å². The number of thiazole rings is 1. The monoisotopic (exact) mass is 498 g/mol. The van der Waals surface area contributed by atoms with Gasteiger partial charge in [-0.3, -0.25) is 9.69 Å². The molecule has 4 rings (SSSR count). The lowest BCUT2D eigenvalue weighted by Crippen LogP contribution is -2.48. The second kappa shape index (κ2) is 10.5. The maximum absolute atomic E-state index is 12.9. The molecular formula is C24H27BrN4OS. The zero-order valence-electron chi connectivity index (χ0n) is 17.6. The van der Waals surface area contributed by atoms with Crippen molar-refractivity contribution in [3.63, 3.8) is 0 Å². The van der Waals surface area contributed by atoms with Gasteiger partial charge in [0.2, 0.25) is 5.91 Å². The number of aromatic nitrogens is 1. The van der Waals surface area contributed by atoms with Gasteiger partial charge in [0, 0.05) is 48.1 Å². The Hall–Kier alpha value is -2.06. The highest BCUT2D eigenvalue weighted by Gasteiger charge is 2.21. The summed E-state index contributed by atoms with van der Waals surface area (Å²) in [5.41, 5.74) is 3.01. The highest BCUT2D eigenvalue weighted by Crippen LogP contribution is 2.26. The minimum Gasteiger partial charge on any atom is -0.348 e. The van der Waals surface area contributed by atoms with Crippen LogP contribution in [0.2, 0.25) is 0 Å². The van der Waals surface area contributed by atoms with Crippen molar-refractivity contribution >= 4 is 33.2 Å². The number of carbonyl (C=O) groups is 1. The summed E-state index contributed by atoms with van der Waals surface area (Å²) in [4.78, 5) is 22.4. The Morgan fingerprint density at radius 2 is 1.90 bits per heavy atom. The lowest BCUT2D eigenvalue weighted by Gasteiger charge is -2.35. The fourth-order valence-electron chi connectivity index (χ4n) is 3.76. The van der Waals surface area contributed by atoms with E-state index in [-0.39, 0.29) is 18.4 Å². The van der Waals surface area contributed by atoms with Crippen LogP contribution in [0.1, 0.15) is 17.3 Å². The van der Waals surface area contributed by atoms with Gasteiger partial charge in [0.25, 0.3) is 0 Å². The molecule has 5 nitrogen and oxygen atoms in total. The molecule has 2 heterocycles. The number of likely N-dealkylation sites (N-methyl/N-ethyl adjacent to an activating group) is 1. The Morgan fingerprint density at radius 3 is 2.65 bits per heavy atom. The van der Waals surface area contributed by atoms with Crippen LogP contribution in [0.5, 0.6) is 0 Å². The zero-order valence-corrected chi connectivity index (χ0v) is 20.0. The van der Waals surface area contributed by atoms with Crippen LogP contribution in [-0.2, 0) is 11.2 Å². The number of rotatable bonds is 7. The Morgan fingerprint density at radius 1 is 1.13 bits per heavy atom. The second-order valence-corrected chi connectivity index (χ2v) is 9.74. The molecule has 0 saturated carbocycles. The molecule has 1 N–H and O–H groups in total. The molecule has 1 atom stereocenters. The van der Waals surface area contributed by atoms with Gasteiger partial charge in [-0.05, 0) is 24.7 Å². The van der Waals surface area contributed by atoms with Crippen LogP contribution in [0, 0.1) is 0 Å². The first kappa shape index (κ1) is 22.1. The van der Waals surface area contributed by atoms with E-state index in [0.717, 1.165) is 59.0 Å². The van der Waals surface area contributed by atoms with Crippen LogP contribution in [0.25, 0.3) is 10.6 Å². The number of benzene rings is 2. The Balaban J connectivity index is 1.41. The normalized spacial score (nSPS) is 16.2. The van der Waals surface area contributed by atoms with E-state index in [2.05, 4.69) is 55.2 Å². The molecular weight excluding hydrogens is 472 g/mol. The molecule has 31 heavy (non-hydrogen) atoms. The molecule has 0 spiro atoms. The van der Waals surface area contributed by atoms with Gasteiger partial charge in [-0.25, -0.2) is 4.98 Å². The molecule has 0 bridgehead atoms. The number of nitrogens with one attached hydrogen (secondary N) is 1. The van der Waals surface area contributed by atoms with Crippen LogP contribution >= 0.6 is 27.3 Å². The Kier molecular flexibility index (Phi) is 7.50. The standard InChI is InChI=1S/C24H27BrN4OS/c1-28-10-12-29(13-11-28)16-22(18-6-3-2-4-7-18)27-23(30)15-21-17-31-24(26-21)19-8-5-9-20(25)14-19/h2-9,14,17,22H,10-13,15-16H2,1H3,(H,27,30). The minimum absolute atomic E-state index is 0.00840. The summed E-state index contributed by atoms with van der Waals surface area (Å²) in [6.07, 6.45) is 0.288. The van der Waals surface area contributed by atoms with Gasteiger partial charge in [-0.2, -0.15) is 0 Å². The van der Waals surface area contributed by atoms with Crippen LogP contribution in [0.3, 0.4) is 0 Å². The fraction of sp³-hybridized carbons (Fsp3) is 0.333. The molecule has 1 saturated heterocycles. The summed E-state index contributed by atoms with van der Waals surface area (Å²) in [7, 11) is 2.16. The van der Waals surface area contributed by atoms with Crippen molar-refractivity contribution in [2.24, 2.45) is 0 Å². The third-order valence-electron chi connectivity index (χ3n) is 5.54. The number of hydrogen-bond acceptors (Lipinski definition) is 5. The van der Waals surface area contributed by atoms with Crippen molar-refractivity contribution in [1.82, 2.24) is 20.1 Å². The molecule has 1 unspecified atom stereocenters. The van der Waals surface area contributed by atoms with Crippen LogP contribution < -0.4 is 5.32 Å². The number of piperazine rings is 1. The molecule has 1 amide bonds. The molecule has 7 heteroatoms. The molecule has 2 aromatic carbocycles. The lowest BCUT2D eigenvalue weighted by molar-refractivity contribution is -0.121. The Labute approximate surface area is 196 Å². The summed E-state index contributed by atoms with van der Waals surface area (Å²) in [5.74, 6) is 0.00840. The van der Waals surface area contributed by atoms with Crippen LogP contribution in [0.4, 0.5) is 0 Å². The van der Waals surface area contributed by atoms with Gasteiger partial charge in [-0.15, -0.1) is 11.3 Å². The van der Waals surface area contributed by atoms with E-state index in [4.69, 9.17) is 0 Å². The number of halogens is 1. The first-order valence-electron chi connectivity index (χ1n) is 10.5. The summed E-state index contributed by atoms with van der Waals surface area (Å²) in [5, 5.41) is 6.17. The van der Waals surface area contributed by atoms with Gasteiger partial charge in [0.1, 0.15) is 5.01 Å². The maximum atomic E-state index is 12.9. The van der Waals surface area contributed by atoms with E-state index < -0.39 is 0 Å². The predicted molar refractivity (Wildman–Crippen MR) is 130 cm³/mol. The summed E-state index contributed by atoms with van der Waals surface area (Å²) in [6.45, 7) is 5.00. The molecule has 0 aliphatic carbocycles. The number of hydrogen-bond donors (Lipinski definition) is 1. The zero-order chi connectivity index (χ0) is 21.6. The van der Waals surface area contributed by atoms with Crippen molar-refractivity contribution in [1.29, 1.82) is 0 Å². The topological polar surface area (TPSA) is 48.5 Å². The Bertz CT molecular complexity index is 1000. The van der Waals surface area contributed by atoms with E-state index in [1.54, 1.807) is 11.3 Å². The third-order valence-corrected chi connectivity index (χ3v) is 6.97. The van der Waals surface area contributed by atoms with Gasteiger partial charge in [0.05, 0.1) is 18.2 Å². The summed E-state index contributed by atoms with van der Waals surface area (Å²) < 4.78 is 1.02. The highest BCUT2D eigenvalue weighted by molar-refractivity contribution is 9.10. The quantitative estimate of drug-likeness (QED) is 0.529. The third kappa shape index (κ3) is 6.23. The molecule has 3 aromatic rings.